The van der Waals surface area contributed by atoms with E-state index in [1.165, 1.54) is 0 Å². The second-order valence-electron chi connectivity index (χ2n) is 6.16. The molecule has 4 aromatic rings. The summed E-state index contributed by atoms with van der Waals surface area (Å²) in [6.45, 7) is 0.327. The highest BCUT2D eigenvalue weighted by Crippen LogP contribution is 2.27. The number of hydrogen-bond acceptors (Lipinski definition) is 3. The van der Waals surface area contributed by atoms with Gasteiger partial charge in [0.2, 0.25) is 0 Å². The minimum atomic E-state index is -0.304. The molecule has 4 nitrogen and oxygen atoms in total. The zero-order valence-corrected chi connectivity index (χ0v) is 14.6. The van der Waals surface area contributed by atoms with Crippen LogP contribution in [-0.2, 0) is 0 Å². The first-order valence-corrected chi connectivity index (χ1v) is 8.64. The Balaban J connectivity index is 1.71. The van der Waals surface area contributed by atoms with Crippen LogP contribution in [0.4, 0.5) is 10.1 Å². The largest absolute Gasteiger partial charge is 0.497 e. The van der Waals surface area contributed by atoms with Crippen LogP contribution in [0.25, 0.3) is 27.8 Å². The molecule has 132 valence electrons. The molecule has 1 N–H and O–H groups in total. The van der Waals surface area contributed by atoms with Gasteiger partial charge in [-0.25, -0.2) is 4.98 Å². The Morgan fingerprint density at radius 3 is 2.81 bits per heavy atom. The third kappa shape index (κ3) is 3.08. The van der Waals surface area contributed by atoms with Crippen molar-refractivity contribution >= 4 is 22.4 Å². The molecule has 4 rings (SSSR count). The average Bonchev–Trinajstić information content (AvgIpc) is 3.05. The second kappa shape index (κ2) is 7.04. The van der Waals surface area contributed by atoms with Gasteiger partial charge in [-0.3, -0.25) is 8.79 Å². The van der Waals surface area contributed by atoms with Crippen molar-refractivity contribution in [3.63, 3.8) is 0 Å². The number of alkyl halides is 1. The molecule has 0 saturated carbocycles. The Bertz CT molecular complexity index is 1060. The molecule has 0 spiro atoms. The molecule has 0 atom stereocenters. The van der Waals surface area contributed by atoms with Gasteiger partial charge in [0.15, 0.2) is 0 Å². The van der Waals surface area contributed by atoms with Gasteiger partial charge in [-0.2, -0.15) is 0 Å². The van der Waals surface area contributed by atoms with E-state index in [2.05, 4.69) is 34.0 Å². The van der Waals surface area contributed by atoms with E-state index in [4.69, 9.17) is 9.72 Å². The minimum absolute atomic E-state index is 0.304. The van der Waals surface area contributed by atoms with E-state index >= 15 is 0 Å². The number of nitrogens with one attached hydrogen (secondary N) is 1. The molecular formula is C21H20FN3O. The number of fused-ring (bicyclic) bond motifs is 3. The number of benzene rings is 2. The van der Waals surface area contributed by atoms with Crippen LogP contribution in [0.15, 0.2) is 60.8 Å². The quantitative estimate of drug-likeness (QED) is 0.501. The molecule has 5 heteroatoms. The van der Waals surface area contributed by atoms with E-state index < -0.39 is 0 Å². The topological polar surface area (TPSA) is 38.6 Å². The van der Waals surface area contributed by atoms with E-state index in [0.29, 0.717) is 13.0 Å². The Labute approximate surface area is 151 Å². The number of anilines is 1. The molecule has 0 aliphatic rings. The maximum Gasteiger partial charge on any atom is 0.138 e. The van der Waals surface area contributed by atoms with Crippen LogP contribution in [0.5, 0.6) is 5.75 Å². The van der Waals surface area contributed by atoms with E-state index in [-0.39, 0.29) is 6.67 Å². The zero-order valence-electron chi connectivity index (χ0n) is 14.6. The number of pyridine rings is 1. The second-order valence-corrected chi connectivity index (χ2v) is 6.16. The summed E-state index contributed by atoms with van der Waals surface area (Å²) in [5.74, 6) is 0.815. The lowest BCUT2D eigenvalue weighted by Crippen LogP contribution is -2.01. The summed E-state index contributed by atoms with van der Waals surface area (Å²) in [4.78, 5) is 4.71. The molecule has 2 aromatic heterocycles. The van der Waals surface area contributed by atoms with Crippen molar-refractivity contribution in [3.05, 3.63) is 60.8 Å². The number of aromatic nitrogens is 2. The van der Waals surface area contributed by atoms with Gasteiger partial charge in [-0.1, -0.05) is 12.1 Å². The van der Waals surface area contributed by atoms with E-state index in [1.807, 2.05) is 36.5 Å². The molecule has 0 amide bonds. The van der Waals surface area contributed by atoms with Gasteiger partial charge in [0, 0.05) is 24.5 Å². The first-order valence-electron chi connectivity index (χ1n) is 8.64. The Morgan fingerprint density at radius 2 is 1.96 bits per heavy atom. The lowest BCUT2D eigenvalue weighted by molar-refractivity contribution is 0.415. The SMILES string of the molecule is COc1ccc2nc3cc(-c4cccc(NCCCF)c4)ccn3c2c1. The highest BCUT2D eigenvalue weighted by atomic mass is 19.1. The van der Waals surface area contributed by atoms with Gasteiger partial charge >= 0.3 is 0 Å². The monoisotopic (exact) mass is 349 g/mol. The molecule has 2 heterocycles. The van der Waals surface area contributed by atoms with Crippen LogP contribution in [-0.4, -0.2) is 29.7 Å². The molecule has 0 aliphatic heterocycles. The van der Waals surface area contributed by atoms with Crippen LogP contribution in [0.2, 0.25) is 0 Å². The molecule has 26 heavy (non-hydrogen) atoms. The fourth-order valence-corrected chi connectivity index (χ4v) is 3.11. The summed E-state index contributed by atoms with van der Waals surface area (Å²) in [6.07, 6.45) is 2.54. The molecule has 0 saturated heterocycles. The number of ether oxygens (including phenoxy) is 1. The Morgan fingerprint density at radius 1 is 1.08 bits per heavy atom. The van der Waals surface area contributed by atoms with Gasteiger partial charge in [0.1, 0.15) is 11.4 Å². The van der Waals surface area contributed by atoms with Crippen molar-refractivity contribution in [2.24, 2.45) is 0 Å². The van der Waals surface area contributed by atoms with Gasteiger partial charge in [-0.15, -0.1) is 0 Å². The number of rotatable bonds is 6. The fourth-order valence-electron chi connectivity index (χ4n) is 3.11. The number of nitrogens with zero attached hydrogens (tertiary/aromatic N) is 2. The fraction of sp³-hybridized carbons (Fsp3) is 0.190. The van der Waals surface area contributed by atoms with Crippen molar-refractivity contribution < 1.29 is 9.13 Å². The first-order chi connectivity index (χ1) is 12.8. The zero-order chi connectivity index (χ0) is 17.9. The van der Waals surface area contributed by atoms with E-state index in [1.54, 1.807) is 7.11 Å². The van der Waals surface area contributed by atoms with Gasteiger partial charge in [0.05, 0.1) is 24.8 Å². The van der Waals surface area contributed by atoms with Gasteiger partial charge in [-0.05, 0) is 53.9 Å². The third-order valence-corrected chi connectivity index (χ3v) is 4.45. The van der Waals surface area contributed by atoms with Gasteiger partial charge < -0.3 is 10.1 Å². The van der Waals surface area contributed by atoms with Crippen LogP contribution in [0.1, 0.15) is 6.42 Å². The van der Waals surface area contributed by atoms with E-state index in [9.17, 15) is 4.39 Å². The average molecular weight is 349 g/mol. The predicted octanol–water partition coefficient (Wildman–Crippen LogP) is 4.93. The van der Waals surface area contributed by atoms with Gasteiger partial charge in [0.25, 0.3) is 0 Å². The molecular weight excluding hydrogens is 329 g/mol. The number of methoxy groups -OCH3 is 1. The van der Waals surface area contributed by atoms with Crippen LogP contribution in [0, 0.1) is 0 Å². The highest BCUT2D eigenvalue weighted by Gasteiger charge is 2.08. The number of hydrogen-bond donors (Lipinski definition) is 1. The molecule has 0 aliphatic carbocycles. The predicted molar refractivity (Wildman–Crippen MR) is 104 cm³/mol. The van der Waals surface area contributed by atoms with Crippen LogP contribution in [0.3, 0.4) is 0 Å². The van der Waals surface area contributed by atoms with Crippen molar-refractivity contribution in [1.82, 2.24) is 9.38 Å². The standard InChI is InChI=1S/C21H20FN3O/c1-26-18-6-7-19-20(14-18)25-11-8-16(13-21(25)24-19)15-4-2-5-17(12-15)23-10-3-9-22/h2,4-8,11-14,23H,3,9-10H2,1H3. The number of halogens is 1. The lowest BCUT2D eigenvalue weighted by atomic mass is 10.1. The summed E-state index contributed by atoms with van der Waals surface area (Å²) < 4.78 is 19.6. The van der Waals surface area contributed by atoms with Crippen LogP contribution >= 0.6 is 0 Å². The van der Waals surface area contributed by atoms with Crippen molar-refractivity contribution in [1.29, 1.82) is 0 Å². The summed E-state index contributed by atoms with van der Waals surface area (Å²) in [5, 5.41) is 3.25. The highest BCUT2D eigenvalue weighted by molar-refractivity contribution is 5.83. The minimum Gasteiger partial charge on any atom is -0.497 e. The summed E-state index contributed by atoms with van der Waals surface area (Å²) >= 11 is 0. The normalized spacial score (nSPS) is 11.2. The maximum absolute atomic E-state index is 12.3. The summed E-state index contributed by atoms with van der Waals surface area (Å²) in [7, 11) is 1.66. The molecule has 0 bridgehead atoms. The smallest absolute Gasteiger partial charge is 0.138 e. The number of imidazole rings is 1. The van der Waals surface area contributed by atoms with Crippen molar-refractivity contribution in [2.75, 3.05) is 25.6 Å². The molecule has 0 unspecified atom stereocenters. The summed E-state index contributed by atoms with van der Waals surface area (Å²) in [5.41, 5.74) is 6.03. The van der Waals surface area contributed by atoms with E-state index in [0.717, 1.165) is 39.2 Å². The molecule has 0 fully saturated rings. The third-order valence-electron chi connectivity index (χ3n) is 4.45. The lowest BCUT2D eigenvalue weighted by Gasteiger charge is -2.08. The molecule has 2 aromatic carbocycles. The Kier molecular flexibility index (Phi) is 4.44. The summed E-state index contributed by atoms with van der Waals surface area (Å²) in [6, 6.07) is 18.2. The first kappa shape index (κ1) is 16.4. The maximum atomic E-state index is 12.3. The van der Waals surface area contributed by atoms with Crippen molar-refractivity contribution in [3.8, 4) is 16.9 Å². The van der Waals surface area contributed by atoms with Crippen LogP contribution < -0.4 is 10.1 Å². The Hall–Kier alpha value is -3.08. The molecule has 0 radical (unpaired) electrons. The van der Waals surface area contributed by atoms with Crippen molar-refractivity contribution in [2.45, 2.75) is 6.42 Å².